The number of halogens is 3. The Morgan fingerprint density at radius 2 is 1.80 bits per heavy atom. The fourth-order valence-corrected chi connectivity index (χ4v) is 3.31. The zero-order chi connectivity index (χ0) is 21.5. The first-order valence-corrected chi connectivity index (χ1v) is 9.17. The normalized spacial score (nSPS) is 11.9. The summed E-state index contributed by atoms with van der Waals surface area (Å²) in [5.41, 5.74) is 7.57. The smallest absolute Gasteiger partial charge is 0.416 e. The van der Waals surface area contributed by atoms with Crippen molar-refractivity contribution in [2.45, 2.75) is 19.6 Å². The molecular weight excluding hydrogens is 397 g/mol. The highest BCUT2D eigenvalue weighted by Crippen LogP contribution is 2.32. The van der Waals surface area contributed by atoms with E-state index in [1.807, 2.05) is 0 Å². The minimum atomic E-state index is -4.47. The molecule has 4 rings (SSSR count). The summed E-state index contributed by atoms with van der Waals surface area (Å²) in [5.74, 6) is -0.622. The number of nitrogens with zero attached hydrogens (tertiary/aromatic N) is 3. The van der Waals surface area contributed by atoms with Gasteiger partial charge in [0.2, 0.25) is 0 Å². The van der Waals surface area contributed by atoms with Crippen LogP contribution in [0.4, 0.5) is 19.0 Å². The fourth-order valence-electron chi connectivity index (χ4n) is 3.31. The summed E-state index contributed by atoms with van der Waals surface area (Å²) in [6.45, 7) is 1.79. The van der Waals surface area contributed by atoms with E-state index in [0.29, 0.717) is 22.2 Å². The number of esters is 1. The van der Waals surface area contributed by atoms with Crippen molar-refractivity contribution in [2.75, 3.05) is 12.3 Å². The molecule has 0 saturated carbocycles. The summed E-state index contributed by atoms with van der Waals surface area (Å²) in [6.07, 6.45) is -4.47. The zero-order valence-electron chi connectivity index (χ0n) is 15.9. The van der Waals surface area contributed by atoms with Gasteiger partial charge in [-0.15, -0.1) is 0 Å². The fraction of sp³-hybridized carbons (Fsp3) is 0.190. The topological polar surface area (TPSA) is 83.0 Å². The van der Waals surface area contributed by atoms with E-state index >= 15 is 0 Å². The highest BCUT2D eigenvalue weighted by Gasteiger charge is 2.31. The van der Waals surface area contributed by atoms with Crippen molar-refractivity contribution in [1.82, 2.24) is 14.5 Å². The molecule has 0 radical (unpaired) electrons. The van der Waals surface area contributed by atoms with Crippen LogP contribution in [0.15, 0.2) is 48.5 Å². The molecule has 6 nitrogen and oxygen atoms in total. The maximum Gasteiger partial charge on any atom is 0.416 e. The van der Waals surface area contributed by atoms with Crippen molar-refractivity contribution in [2.24, 2.45) is 0 Å². The second-order valence-corrected chi connectivity index (χ2v) is 6.65. The van der Waals surface area contributed by atoms with Gasteiger partial charge in [-0.25, -0.2) is 14.8 Å². The molecule has 4 aromatic rings. The highest BCUT2D eigenvalue weighted by atomic mass is 19.4. The van der Waals surface area contributed by atoms with Crippen molar-refractivity contribution < 1.29 is 22.7 Å². The van der Waals surface area contributed by atoms with Crippen LogP contribution in [0.25, 0.3) is 22.2 Å². The SMILES string of the molecule is CCOC(=O)c1c(N)n(Cc2cccc(C(F)(F)F)c2)c2nc3ccccc3nc12. The number of aromatic nitrogens is 3. The van der Waals surface area contributed by atoms with E-state index < -0.39 is 17.7 Å². The van der Waals surface area contributed by atoms with Gasteiger partial charge < -0.3 is 15.0 Å². The van der Waals surface area contributed by atoms with Gasteiger partial charge in [-0.05, 0) is 36.8 Å². The Morgan fingerprint density at radius 1 is 1.10 bits per heavy atom. The Balaban J connectivity index is 1.92. The number of carbonyl (C=O) groups excluding carboxylic acids is 1. The van der Waals surface area contributed by atoms with Crippen LogP contribution in [0.1, 0.15) is 28.4 Å². The zero-order valence-corrected chi connectivity index (χ0v) is 15.9. The second-order valence-electron chi connectivity index (χ2n) is 6.65. The van der Waals surface area contributed by atoms with Gasteiger partial charge in [-0.3, -0.25) is 0 Å². The first-order valence-electron chi connectivity index (χ1n) is 9.17. The Morgan fingerprint density at radius 3 is 2.47 bits per heavy atom. The van der Waals surface area contributed by atoms with Gasteiger partial charge in [0.25, 0.3) is 0 Å². The van der Waals surface area contributed by atoms with Crippen LogP contribution in [0.3, 0.4) is 0 Å². The van der Waals surface area contributed by atoms with Crippen LogP contribution < -0.4 is 5.73 Å². The van der Waals surface area contributed by atoms with Crippen LogP contribution in [0.2, 0.25) is 0 Å². The molecule has 2 aromatic heterocycles. The summed E-state index contributed by atoms with van der Waals surface area (Å²) in [6, 6.07) is 12.0. The number of hydrogen-bond acceptors (Lipinski definition) is 5. The number of ether oxygens (including phenoxy) is 1. The predicted molar refractivity (Wildman–Crippen MR) is 106 cm³/mol. The summed E-state index contributed by atoms with van der Waals surface area (Å²) in [7, 11) is 0. The van der Waals surface area contributed by atoms with E-state index in [-0.39, 0.29) is 30.0 Å². The van der Waals surface area contributed by atoms with E-state index in [1.54, 1.807) is 37.3 Å². The number of nitrogens with two attached hydrogens (primary N) is 1. The number of alkyl halides is 3. The molecule has 2 N–H and O–H groups in total. The molecule has 0 unspecified atom stereocenters. The minimum Gasteiger partial charge on any atom is -0.462 e. The highest BCUT2D eigenvalue weighted by molar-refractivity contribution is 6.08. The number of fused-ring (bicyclic) bond motifs is 2. The maximum absolute atomic E-state index is 13.1. The van der Waals surface area contributed by atoms with Crippen LogP contribution in [0.5, 0.6) is 0 Å². The Bertz CT molecular complexity index is 1260. The van der Waals surface area contributed by atoms with Gasteiger partial charge in [0.1, 0.15) is 16.9 Å². The molecule has 9 heteroatoms. The summed E-state index contributed by atoms with van der Waals surface area (Å²) in [5, 5.41) is 0. The Hall–Kier alpha value is -3.62. The van der Waals surface area contributed by atoms with Gasteiger partial charge in [-0.1, -0.05) is 24.3 Å². The van der Waals surface area contributed by atoms with Gasteiger partial charge >= 0.3 is 12.1 Å². The van der Waals surface area contributed by atoms with Gasteiger partial charge in [-0.2, -0.15) is 13.2 Å². The molecule has 0 saturated heterocycles. The molecule has 0 fully saturated rings. The number of benzene rings is 2. The Labute approximate surface area is 169 Å². The molecule has 30 heavy (non-hydrogen) atoms. The lowest BCUT2D eigenvalue weighted by atomic mass is 10.1. The van der Waals surface area contributed by atoms with Gasteiger partial charge in [0.05, 0.1) is 29.7 Å². The van der Waals surface area contributed by atoms with E-state index in [2.05, 4.69) is 9.97 Å². The average molecular weight is 414 g/mol. The average Bonchev–Trinajstić information content (AvgIpc) is 2.97. The van der Waals surface area contributed by atoms with E-state index in [4.69, 9.17) is 10.5 Å². The molecule has 0 bridgehead atoms. The molecule has 0 aliphatic heterocycles. The lowest BCUT2D eigenvalue weighted by Crippen LogP contribution is -2.11. The third-order valence-electron chi connectivity index (χ3n) is 4.67. The van der Waals surface area contributed by atoms with Gasteiger partial charge in [0.15, 0.2) is 5.65 Å². The molecule has 0 atom stereocenters. The molecular formula is C21H17F3N4O2. The standard InChI is InChI=1S/C21H17F3N4O2/c1-2-30-20(29)16-17-19(27-15-9-4-3-8-14(15)26-17)28(18(16)25)11-12-6-5-7-13(10-12)21(22,23)24/h3-10H,2,11,25H2,1H3. The number of carbonyl (C=O) groups is 1. The summed E-state index contributed by atoms with van der Waals surface area (Å²) < 4.78 is 45.9. The first-order chi connectivity index (χ1) is 14.3. The quantitative estimate of drug-likeness (QED) is 0.500. The molecule has 154 valence electrons. The Kier molecular flexibility index (Phi) is 4.81. The molecule has 2 aromatic carbocycles. The van der Waals surface area contributed by atoms with Crippen LogP contribution in [0, 0.1) is 0 Å². The largest absolute Gasteiger partial charge is 0.462 e. The number of hydrogen-bond donors (Lipinski definition) is 1. The molecule has 0 aliphatic carbocycles. The van der Waals surface area contributed by atoms with Crippen LogP contribution in [-0.4, -0.2) is 27.1 Å². The number of rotatable bonds is 4. The second kappa shape index (κ2) is 7.33. The van der Waals surface area contributed by atoms with E-state index in [0.717, 1.165) is 12.1 Å². The van der Waals surface area contributed by atoms with Crippen molar-refractivity contribution in [3.63, 3.8) is 0 Å². The van der Waals surface area contributed by atoms with Gasteiger partial charge in [0, 0.05) is 0 Å². The van der Waals surface area contributed by atoms with Crippen molar-refractivity contribution in [3.8, 4) is 0 Å². The maximum atomic E-state index is 13.1. The summed E-state index contributed by atoms with van der Waals surface area (Å²) in [4.78, 5) is 21.6. The third kappa shape index (κ3) is 3.42. The molecule has 0 aliphatic rings. The van der Waals surface area contributed by atoms with E-state index in [9.17, 15) is 18.0 Å². The third-order valence-corrected chi connectivity index (χ3v) is 4.67. The molecule has 0 amide bonds. The monoisotopic (exact) mass is 414 g/mol. The lowest BCUT2D eigenvalue weighted by Gasteiger charge is -2.11. The number of anilines is 1. The number of nitrogen functional groups attached to an aromatic ring is 1. The van der Waals surface area contributed by atoms with Crippen LogP contribution >= 0.6 is 0 Å². The van der Waals surface area contributed by atoms with Crippen molar-refractivity contribution >= 4 is 34.0 Å². The minimum absolute atomic E-state index is 0.0152. The van der Waals surface area contributed by atoms with Crippen LogP contribution in [-0.2, 0) is 17.5 Å². The van der Waals surface area contributed by atoms with E-state index in [1.165, 1.54) is 10.6 Å². The number of para-hydroxylation sites is 2. The predicted octanol–water partition coefficient (Wildman–Crippen LogP) is 4.41. The van der Waals surface area contributed by atoms with Crippen molar-refractivity contribution in [3.05, 3.63) is 65.2 Å². The molecule has 0 spiro atoms. The van der Waals surface area contributed by atoms with Crippen molar-refractivity contribution in [1.29, 1.82) is 0 Å². The lowest BCUT2D eigenvalue weighted by molar-refractivity contribution is -0.137. The molecule has 2 heterocycles. The summed E-state index contributed by atoms with van der Waals surface area (Å²) >= 11 is 0. The first kappa shape index (κ1) is 19.7.